The first-order valence-electron chi connectivity index (χ1n) is 8.96. The van der Waals surface area contributed by atoms with Crippen LogP contribution in [0.5, 0.6) is 0 Å². The number of carbonyl (C=O) groups excluding carboxylic acids is 1. The summed E-state index contributed by atoms with van der Waals surface area (Å²) in [5.74, 6) is -0.404. The highest BCUT2D eigenvalue weighted by atomic mass is 32.2. The summed E-state index contributed by atoms with van der Waals surface area (Å²) in [7, 11) is -3.81. The lowest BCUT2D eigenvalue weighted by Gasteiger charge is -2.09. The molecule has 0 amide bonds. The number of aryl methyl sites for hydroxylation is 1. The second-order valence-electron chi connectivity index (χ2n) is 6.41. The number of benzene rings is 1. The van der Waals surface area contributed by atoms with Crippen LogP contribution in [-0.2, 0) is 19.6 Å². The van der Waals surface area contributed by atoms with Gasteiger partial charge in [-0.25, -0.2) is 27.0 Å². The molecular weight excluding hydrogens is 394 g/mol. The summed E-state index contributed by atoms with van der Waals surface area (Å²) in [5, 5.41) is 0.590. The first kappa shape index (κ1) is 18.9. The van der Waals surface area contributed by atoms with Gasteiger partial charge >= 0.3 is 5.97 Å². The molecule has 0 bridgehead atoms. The Morgan fingerprint density at radius 1 is 1.17 bits per heavy atom. The summed E-state index contributed by atoms with van der Waals surface area (Å²) in [6, 6.07) is 8.30. The zero-order valence-corrected chi connectivity index (χ0v) is 16.7. The van der Waals surface area contributed by atoms with Crippen LogP contribution in [0.25, 0.3) is 22.1 Å². The minimum absolute atomic E-state index is 0.0501. The smallest absolute Gasteiger partial charge is 0.326 e. The molecule has 0 saturated heterocycles. The van der Waals surface area contributed by atoms with Crippen molar-refractivity contribution in [2.24, 2.45) is 0 Å². The molecule has 10 heteroatoms. The van der Waals surface area contributed by atoms with E-state index in [9.17, 15) is 13.2 Å². The van der Waals surface area contributed by atoms with Gasteiger partial charge in [0.2, 0.25) is 0 Å². The van der Waals surface area contributed by atoms with Gasteiger partial charge in [0.15, 0.2) is 5.65 Å². The van der Waals surface area contributed by atoms with Crippen LogP contribution in [0.2, 0.25) is 0 Å². The van der Waals surface area contributed by atoms with Gasteiger partial charge in [0.05, 0.1) is 17.7 Å². The van der Waals surface area contributed by atoms with Crippen molar-refractivity contribution in [2.45, 2.75) is 18.7 Å². The minimum atomic E-state index is -3.81. The monoisotopic (exact) mass is 413 g/mol. The average molecular weight is 413 g/mol. The van der Waals surface area contributed by atoms with Crippen molar-refractivity contribution in [2.75, 3.05) is 18.6 Å². The van der Waals surface area contributed by atoms with Crippen molar-refractivity contribution in [3.8, 4) is 0 Å². The van der Waals surface area contributed by atoms with Gasteiger partial charge in [-0.3, -0.25) is 4.79 Å². The lowest BCUT2D eigenvalue weighted by atomic mass is 10.2. The standard InChI is InChI=1S/C19H19N5O4S/c1-3-28-17(25)11-22-23-12-21-16-10-20-19-15(18(16)23)8-9-24(19)29(26,27)14-6-4-13(2)5-7-14/h4-10,12,22H,3,11H2,1-2H3. The molecule has 4 aromatic rings. The van der Waals surface area contributed by atoms with Crippen LogP contribution in [0, 0.1) is 6.92 Å². The van der Waals surface area contributed by atoms with Gasteiger partial charge in [-0.1, -0.05) is 17.7 Å². The van der Waals surface area contributed by atoms with Crippen LogP contribution in [0.15, 0.2) is 53.9 Å². The molecule has 1 N–H and O–H groups in total. The van der Waals surface area contributed by atoms with Crippen molar-refractivity contribution in [3.63, 3.8) is 0 Å². The number of hydrogen-bond donors (Lipinski definition) is 1. The van der Waals surface area contributed by atoms with Gasteiger partial charge in [0.25, 0.3) is 10.0 Å². The van der Waals surface area contributed by atoms with Crippen molar-refractivity contribution in [1.82, 2.24) is 18.6 Å². The Hall–Kier alpha value is -3.40. The second kappa shape index (κ2) is 7.21. The SMILES string of the molecule is CCOC(=O)CNn1cnc2cnc3c(ccn3S(=O)(=O)c3ccc(C)cc3)c21. The molecular formula is C19H19N5O4S. The van der Waals surface area contributed by atoms with Gasteiger partial charge in [0, 0.05) is 11.6 Å². The van der Waals surface area contributed by atoms with Crippen molar-refractivity contribution < 1.29 is 17.9 Å². The number of nitrogens with zero attached hydrogens (tertiary/aromatic N) is 4. The highest BCUT2D eigenvalue weighted by Crippen LogP contribution is 2.26. The lowest BCUT2D eigenvalue weighted by molar-refractivity contribution is -0.141. The molecule has 0 atom stereocenters. The Balaban J connectivity index is 1.79. The third-order valence-corrected chi connectivity index (χ3v) is 6.14. The average Bonchev–Trinajstić information content (AvgIpc) is 3.31. The predicted molar refractivity (Wildman–Crippen MR) is 108 cm³/mol. The molecule has 0 aliphatic heterocycles. The Morgan fingerprint density at radius 3 is 2.66 bits per heavy atom. The number of hydrogen-bond acceptors (Lipinski definition) is 7. The summed E-state index contributed by atoms with van der Waals surface area (Å²) in [6.45, 7) is 3.87. The Kier molecular flexibility index (Phi) is 4.71. The van der Waals surface area contributed by atoms with Crippen LogP contribution < -0.4 is 5.43 Å². The van der Waals surface area contributed by atoms with E-state index >= 15 is 0 Å². The fourth-order valence-corrected chi connectivity index (χ4v) is 4.36. The van der Waals surface area contributed by atoms with Crippen molar-refractivity contribution >= 4 is 38.1 Å². The van der Waals surface area contributed by atoms with Crippen LogP contribution >= 0.6 is 0 Å². The maximum absolute atomic E-state index is 13.1. The zero-order valence-electron chi connectivity index (χ0n) is 15.9. The third-order valence-electron chi connectivity index (χ3n) is 4.46. The van der Waals surface area contributed by atoms with Gasteiger partial charge < -0.3 is 10.2 Å². The quantitative estimate of drug-likeness (QED) is 0.482. The van der Waals surface area contributed by atoms with E-state index in [0.29, 0.717) is 23.0 Å². The molecule has 0 aliphatic rings. The minimum Gasteiger partial charge on any atom is -0.465 e. The number of pyridine rings is 1. The van der Waals surface area contributed by atoms with E-state index in [1.807, 2.05) is 6.92 Å². The van der Waals surface area contributed by atoms with E-state index in [2.05, 4.69) is 15.4 Å². The second-order valence-corrected chi connectivity index (χ2v) is 8.23. The van der Waals surface area contributed by atoms with Gasteiger partial charge in [-0.15, -0.1) is 0 Å². The highest BCUT2D eigenvalue weighted by Gasteiger charge is 2.21. The molecule has 29 heavy (non-hydrogen) atoms. The fraction of sp³-hybridized carbons (Fsp3) is 0.211. The molecule has 0 aliphatic carbocycles. The van der Waals surface area contributed by atoms with Gasteiger partial charge in [-0.05, 0) is 32.0 Å². The number of aromatic nitrogens is 4. The zero-order chi connectivity index (χ0) is 20.6. The topological polar surface area (TPSA) is 108 Å². The van der Waals surface area contributed by atoms with E-state index in [4.69, 9.17) is 4.74 Å². The van der Waals surface area contributed by atoms with Crippen LogP contribution in [0.4, 0.5) is 0 Å². The van der Waals surface area contributed by atoms with Crippen LogP contribution in [0.1, 0.15) is 12.5 Å². The normalized spacial score (nSPS) is 11.8. The van der Waals surface area contributed by atoms with E-state index < -0.39 is 16.0 Å². The molecule has 0 unspecified atom stereocenters. The largest absolute Gasteiger partial charge is 0.465 e. The molecule has 0 radical (unpaired) electrons. The first-order chi connectivity index (χ1) is 13.9. The number of nitrogens with one attached hydrogen (secondary N) is 1. The molecule has 4 rings (SSSR count). The van der Waals surface area contributed by atoms with E-state index in [0.717, 1.165) is 9.54 Å². The lowest BCUT2D eigenvalue weighted by Crippen LogP contribution is -2.23. The number of rotatable bonds is 6. The molecule has 3 aromatic heterocycles. The summed E-state index contributed by atoms with van der Waals surface area (Å²) in [4.78, 5) is 20.4. The molecule has 0 fully saturated rings. The molecule has 3 heterocycles. The summed E-state index contributed by atoms with van der Waals surface area (Å²) < 4.78 is 33.8. The number of ether oxygens (including phenoxy) is 1. The van der Waals surface area contributed by atoms with Crippen LogP contribution in [-0.4, -0.2) is 46.2 Å². The number of carbonyl (C=O) groups is 1. The fourth-order valence-electron chi connectivity index (χ4n) is 3.06. The maximum atomic E-state index is 13.1. The van der Waals surface area contributed by atoms with E-state index in [-0.39, 0.29) is 17.1 Å². The summed E-state index contributed by atoms with van der Waals surface area (Å²) >= 11 is 0. The maximum Gasteiger partial charge on any atom is 0.326 e. The van der Waals surface area contributed by atoms with Crippen LogP contribution in [0.3, 0.4) is 0 Å². The Labute approximate surface area is 167 Å². The molecule has 150 valence electrons. The first-order valence-corrected chi connectivity index (χ1v) is 10.4. The molecule has 9 nitrogen and oxygen atoms in total. The molecule has 0 saturated carbocycles. The third kappa shape index (κ3) is 3.31. The Bertz CT molecular complexity index is 1310. The molecule has 0 spiro atoms. The van der Waals surface area contributed by atoms with Crippen molar-refractivity contribution in [3.05, 3.63) is 54.6 Å². The van der Waals surface area contributed by atoms with E-state index in [1.165, 1.54) is 18.7 Å². The summed E-state index contributed by atoms with van der Waals surface area (Å²) in [6.07, 6.45) is 4.48. The van der Waals surface area contributed by atoms with Gasteiger partial charge in [-0.2, -0.15) is 0 Å². The number of imidazole rings is 1. The number of esters is 1. The highest BCUT2D eigenvalue weighted by molar-refractivity contribution is 7.90. The Morgan fingerprint density at radius 2 is 1.93 bits per heavy atom. The van der Waals surface area contributed by atoms with Crippen molar-refractivity contribution in [1.29, 1.82) is 0 Å². The number of fused-ring (bicyclic) bond motifs is 3. The predicted octanol–water partition coefficient (Wildman–Crippen LogP) is 2.04. The molecule has 1 aromatic carbocycles. The van der Waals surface area contributed by atoms with E-state index in [1.54, 1.807) is 41.9 Å². The summed E-state index contributed by atoms with van der Waals surface area (Å²) in [5.41, 5.74) is 5.36. The van der Waals surface area contributed by atoms with Gasteiger partial charge in [0.1, 0.15) is 23.9 Å².